The Hall–Kier alpha value is -3.20. The van der Waals surface area contributed by atoms with Crippen molar-refractivity contribution in [1.82, 2.24) is 20.0 Å². The summed E-state index contributed by atoms with van der Waals surface area (Å²) in [4.78, 5) is 41.2. The van der Waals surface area contributed by atoms with Gasteiger partial charge in [-0.25, -0.2) is 4.79 Å². The number of halogens is 1. The van der Waals surface area contributed by atoms with Crippen LogP contribution in [0.1, 0.15) is 28.8 Å². The molecule has 0 saturated carbocycles. The monoisotopic (exact) mass is 404 g/mol. The van der Waals surface area contributed by atoms with Crippen LogP contribution in [0.5, 0.6) is 0 Å². The highest BCUT2D eigenvalue weighted by molar-refractivity contribution is 6.31. The topological polar surface area (TPSA) is 116 Å². The summed E-state index contributed by atoms with van der Waals surface area (Å²) in [6, 6.07) is 7.11. The summed E-state index contributed by atoms with van der Waals surface area (Å²) in [5.74, 6) is -0.962. The first kappa shape index (κ1) is 19.6. The standard InChI is InChI=1S/C18H17ClN4O5/c1-3-27-18(26)15-14-16(28-22-15)21-10(2)23(17(14)25)9-13(24)20-8-11-6-4-5-7-12(11)19/h4-7H,3,8-9H2,1-2H3,(H,20,24). The average molecular weight is 405 g/mol. The summed E-state index contributed by atoms with van der Waals surface area (Å²) in [5, 5.41) is 6.69. The van der Waals surface area contributed by atoms with Crippen LogP contribution in [0.3, 0.4) is 0 Å². The van der Waals surface area contributed by atoms with Gasteiger partial charge in [-0.15, -0.1) is 0 Å². The normalized spacial score (nSPS) is 10.8. The van der Waals surface area contributed by atoms with Gasteiger partial charge in [-0.3, -0.25) is 14.2 Å². The van der Waals surface area contributed by atoms with E-state index >= 15 is 0 Å². The SMILES string of the molecule is CCOC(=O)c1noc2nc(C)n(CC(=O)NCc3ccccc3Cl)c(=O)c12. The van der Waals surface area contributed by atoms with Crippen molar-refractivity contribution >= 4 is 34.6 Å². The number of amides is 1. The van der Waals surface area contributed by atoms with E-state index in [1.165, 1.54) is 0 Å². The molecule has 0 aliphatic rings. The number of aryl methyl sites for hydroxylation is 1. The second-order valence-electron chi connectivity index (χ2n) is 5.85. The minimum atomic E-state index is -0.793. The van der Waals surface area contributed by atoms with Gasteiger partial charge in [0.05, 0.1) is 6.61 Å². The number of hydrogen-bond donors (Lipinski definition) is 1. The summed E-state index contributed by atoms with van der Waals surface area (Å²) in [6.07, 6.45) is 0. The van der Waals surface area contributed by atoms with Crippen molar-refractivity contribution in [2.75, 3.05) is 6.61 Å². The predicted octanol–water partition coefficient (Wildman–Crippen LogP) is 1.84. The van der Waals surface area contributed by atoms with E-state index in [0.29, 0.717) is 5.02 Å². The van der Waals surface area contributed by atoms with Gasteiger partial charge in [0.15, 0.2) is 0 Å². The maximum absolute atomic E-state index is 12.8. The molecule has 1 amide bonds. The zero-order chi connectivity index (χ0) is 20.3. The third-order valence-electron chi connectivity index (χ3n) is 3.99. The number of rotatable bonds is 6. The van der Waals surface area contributed by atoms with Crippen molar-refractivity contribution in [2.45, 2.75) is 26.9 Å². The van der Waals surface area contributed by atoms with Crippen LogP contribution in [0.4, 0.5) is 0 Å². The third-order valence-corrected chi connectivity index (χ3v) is 4.36. The Kier molecular flexibility index (Phi) is 5.74. The van der Waals surface area contributed by atoms with Crippen molar-refractivity contribution in [1.29, 1.82) is 0 Å². The van der Waals surface area contributed by atoms with Gasteiger partial charge in [-0.1, -0.05) is 35.0 Å². The molecule has 1 aromatic carbocycles. The van der Waals surface area contributed by atoms with Crippen molar-refractivity contribution in [2.24, 2.45) is 0 Å². The summed E-state index contributed by atoms with van der Waals surface area (Å²) in [6.45, 7) is 3.22. The number of aromatic nitrogens is 3. The first-order valence-electron chi connectivity index (χ1n) is 8.46. The molecular weight excluding hydrogens is 388 g/mol. The predicted molar refractivity (Wildman–Crippen MR) is 100 cm³/mol. The van der Waals surface area contributed by atoms with Gasteiger partial charge in [-0.2, -0.15) is 4.98 Å². The lowest BCUT2D eigenvalue weighted by atomic mass is 10.2. The molecule has 3 aromatic rings. The van der Waals surface area contributed by atoms with Crippen LogP contribution >= 0.6 is 11.6 Å². The van der Waals surface area contributed by atoms with E-state index in [1.54, 1.807) is 32.0 Å². The Balaban J connectivity index is 1.85. The van der Waals surface area contributed by atoms with Gasteiger partial charge in [0.2, 0.25) is 11.6 Å². The lowest BCUT2D eigenvalue weighted by Gasteiger charge is -2.10. The molecule has 0 spiro atoms. The molecule has 0 aliphatic heterocycles. The van der Waals surface area contributed by atoms with Crippen LogP contribution < -0.4 is 10.9 Å². The first-order valence-corrected chi connectivity index (χ1v) is 8.84. The minimum Gasteiger partial charge on any atom is -0.461 e. The lowest BCUT2D eigenvalue weighted by molar-refractivity contribution is -0.121. The number of hydrogen-bond acceptors (Lipinski definition) is 7. The summed E-state index contributed by atoms with van der Waals surface area (Å²) in [5.41, 5.74) is -0.212. The highest BCUT2D eigenvalue weighted by Crippen LogP contribution is 2.15. The second-order valence-corrected chi connectivity index (χ2v) is 6.26. The summed E-state index contributed by atoms with van der Waals surface area (Å²) in [7, 11) is 0. The van der Waals surface area contributed by atoms with Crippen LogP contribution in [-0.2, 0) is 22.6 Å². The third kappa shape index (κ3) is 3.89. The summed E-state index contributed by atoms with van der Waals surface area (Å²) < 4.78 is 11.0. The fourth-order valence-electron chi connectivity index (χ4n) is 2.60. The van der Waals surface area contributed by atoms with Gasteiger partial charge in [-0.05, 0) is 25.5 Å². The van der Waals surface area contributed by atoms with Crippen LogP contribution in [0.15, 0.2) is 33.6 Å². The number of nitrogens with zero attached hydrogens (tertiary/aromatic N) is 3. The molecule has 9 nitrogen and oxygen atoms in total. The van der Waals surface area contributed by atoms with Crippen molar-refractivity contribution < 1.29 is 18.8 Å². The zero-order valence-electron chi connectivity index (χ0n) is 15.2. The van der Waals surface area contributed by atoms with Crippen molar-refractivity contribution in [3.8, 4) is 0 Å². The zero-order valence-corrected chi connectivity index (χ0v) is 15.9. The number of esters is 1. The molecule has 0 aliphatic carbocycles. The molecule has 10 heteroatoms. The van der Waals surface area contributed by atoms with Gasteiger partial charge >= 0.3 is 5.97 Å². The van der Waals surface area contributed by atoms with E-state index in [0.717, 1.165) is 10.1 Å². The van der Waals surface area contributed by atoms with Crippen LogP contribution in [0.25, 0.3) is 11.1 Å². The molecule has 28 heavy (non-hydrogen) atoms. The molecule has 0 atom stereocenters. The molecular formula is C18H17ClN4O5. The van der Waals surface area contributed by atoms with E-state index in [2.05, 4.69) is 15.5 Å². The van der Waals surface area contributed by atoms with Gasteiger partial charge < -0.3 is 14.6 Å². The van der Waals surface area contributed by atoms with Gasteiger partial charge in [0.25, 0.3) is 11.3 Å². The molecule has 146 valence electrons. The first-order chi connectivity index (χ1) is 13.4. The van der Waals surface area contributed by atoms with E-state index < -0.39 is 17.4 Å². The quantitative estimate of drug-likeness (QED) is 0.623. The molecule has 0 fully saturated rings. The Morgan fingerprint density at radius 1 is 1.32 bits per heavy atom. The largest absolute Gasteiger partial charge is 0.461 e. The van der Waals surface area contributed by atoms with E-state index in [4.69, 9.17) is 20.9 Å². The van der Waals surface area contributed by atoms with Crippen LogP contribution in [0, 0.1) is 6.92 Å². The minimum absolute atomic E-state index is 0.0849. The number of benzene rings is 1. The second kappa shape index (κ2) is 8.22. The highest BCUT2D eigenvalue weighted by atomic mass is 35.5. The maximum atomic E-state index is 12.8. The Bertz CT molecular complexity index is 1110. The molecule has 0 bridgehead atoms. The van der Waals surface area contributed by atoms with Crippen molar-refractivity contribution in [3.05, 3.63) is 56.7 Å². The van der Waals surface area contributed by atoms with E-state index in [1.807, 2.05) is 6.07 Å². The van der Waals surface area contributed by atoms with Crippen molar-refractivity contribution in [3.63, 3.8) is 0 Å². The van der Waals surface area contributed by atoms with Gasteiger partial charge in [0, 0.05) is 11.6 Å². The number of nitrogens with one attached hydrogen (secondary N) is 1. The van der Waals surface area contributed by atoms with E-state index in [-0.39, 0.29) is 42.3 Å². The van der Waals surface area contributed by atoms with Gasteiger partial charge in [0.1, 0.15) is 17.8 Å². The number of fused-ring (bicyclic) bond motifs is 1. The average Bonchev–Trinajstić information content (AvgIpc) is 3.08. The molecule has 0 unspecified atom stereocenters. The Morgan fingerprint density at radius 2 is 2.07 bits per heavy atom. The Labute approximate surface area is 164 Å². The highest BCUT2D eigenvalue weighted by Gasteiger charge is 2.24. The summed E-state index contributed by atoms with van der Waals surface area (Å²) >= 11 is 6.07. The molecule has 0 saturated heterocycles. The van der Waals surface area contributed by atoms with Crippen LogP contribution in [0.2, 0.25) is 5.02 Å². The number of ether oxygens (including phenoxy) is 1. The molecule has 3 rings (SSSR count). The molecule has 2 aromatic heterocycles. The Morgan fingerprint density at radius 3 is 2.79 bits per heavy atom. The fourth-order valence-corrected chi connectivity index (χ4v) is 2.80. The fraction of sp³-hybridized carbons (Fsp3) is 0.278. The van der Waals surface area contributed by atoms with E-state index in [9.17, 15) is 14.4 Å². The molecule has 0 radical (unpaired) electrons. The van der Waals surface area contributed by atoms with Crippen LogP contribution in [-0.4, -0.2) is 33.2 Å². The molecule has 1 N–H and O–H groups in total. The number of carbonyl (C=O) groups excluding carboxylic acids is 2. The molecule has 2 heterocycles. The number of carbonyl (C=O) groups is 2. The smallest absolute Gasteiger partial charge is 0.361 e. The maximum Gasteiger partial charge on any atom is 0.361 e. The lowest BCUT2D eigenvalue weighted by Crippen LogP contribution is -2.34.